The van der Waals surface area contributed by atoms with Crippen LogP contribution >= 0.6 is 0 Å². The summed E-state index contributed by atoms with van der Waals surface area (Å²) < 4.78 is 4.58. The van der Waals surface area contributed by atoms with E-state index in [1.165, 1.54) is 21.9 Å². The molecule has 0 atom stereocenters. The fourth-order valence-corrected chi connectivity index (χ4v) is 8.12. The van der Waals surface area contributed by atoms with Crippen molar-refractivity contribution in [1.82, 2.24) is 9.13 Å². The van der Waals surface area contributed by atoms with Crippen LogP contribution in [0.15, 0.2) is 182 Å². The molecule has 0 spiro atoms. The average molecular weight is 687 g/mol. The summed E-state index contributed by atoms with van der Waals surface area (Å²) in [4.78, 5) is 0. The van der Waals surface area contributed by atoms with E-state index in [0.29, 0.717) is 11.1 Å². The van der Waals surface area contributed by atoms with Crippen molar-refractivity contribution >= 4 is 43.6 Å². The van der Waals surface area contributed by atoms with Crippen LogP contribution in [0.4, 0.5) is 0 Å². The van der Waals surface area contributed by atoms with Crippen LogP contribution in [0, 0.1) is 22.7 Å². The van der Waals surface area contributed by atoms with Gasteiger partial charge in [0.2, 0.25) is 0 Å². The monoisotopic (exact) mass is 686 g/mol. The Morgan fingerprint density at radius 2 is 0.852 bits per heavy atom. The summed E-state index contributed by atoms with van der Waals surface area (Å²) in [6.07, 6.45) is 0. The van der Waals surface area contributed by atoms with E-state index in [1.54, 1.807) is 6.07 Å². The summed E-state index contributed by atoms with van der Waals surface area (Å²) in [5.74, 6) is 0. The first kappa shape index (κ1) is 31.1. The molecule has 0 unspecified atom stereocenters. The third-order valence-electron chi connectivity index (χ3n) is 10.6. The van der Waals surface area contributed by atoms with Crippen LogP contribution in [0.25, 0.3) is 88.4 Å². The Hall–Kier alpha value is -7.66. The Morgan fingerprint density at radius 3 is 1.46 bits per heavy atom. The van der Waals surface area contributed by atoms with Gasteiger partial charge in [-0.1, -0.05) is 109 Å². The number of para-hydroxylation sites is 1. The van der Waals surface area contributed by atoms with Gasteiger partial charge in [0.05, 0.1) is 33.2 Å². The fourth-order valence-electron chi connectivity index (χ4n) is 8.12. The van der Waals surface area contributed by atoms with Gasteiger partial charge in [-0.25, -0.2) is 0 Å². The summed E-state index contributed by atoms with van der Waals surface area (Å²) >= 11 is 0. The van der Waals surface area contributed by atoms with Crippen molar-refractivity contribution in [3.8, 4) is 56.9 Å². The van der Waals surface area contributed by atoms with Gasteiger partial charge in [0, 0.05) is 32.9 Å². The lowest BCUT2D eigenvalue weighted by molar-refractivity contribution is 1.17. The molecule has 0 saturated heterocycles. The van der Waals surface area contributed by atoms with Gasteiger partial charge in [0.1, 0.15) is 12.1 Å². The molecule has 0 N–H and O–H groups in total. The lowest BCUT2D eigenvalue weighted by Gasteiger charge is -2.10. The highest BCUT2D eigenvalue weighted by atomic mass is 15.0. The highest BCUT2D eigenvalue weighted by Gasteiger charge is 2.20. The van der Waals surface area contributed by atoms with Gasteiger partial charge in [0.25, 0.3) is 0 Å². The summed E-state index contributed by atoms with van der Waals surface area (Å²) in [5, 5.41) is 24.3. The van der Waals surface area contributed by atoms with Crippen molar-refractivity contribution in [3.05, 3.63) is 193 Å². The van der Waals surface area contributed by atoms with Crippen LogP contribution in [0.1, 0.15) is 11.1 Å². The van der Waals surface area contributed by atoms with Crippen LogP contribution in [0.5, 0.6) is 0 Å². The highest BCUT2D eigenvalue weighted by molar-refractivity contribution is 6.18. The molecule has 10 aromatic rings. The molecular weight excluding hydrogens is 657 g/mol. The maximum Gasteiger partial charge on any atom is 0.101 e. The van der Waals surface area contributed by atoms with Gasteiger partial charge >= 0.3 is 0 Å². The zero-order chi connectivity index (χ0) is 36.2. The Morgan fingerprint density at radius 1 is 0.333 bits per heavy atom. The molecule has 0 aliphatic heterocycles. The normalized spacial score (nSPS) is 11.3. The van der Waals surface area contributed by atoms with E-state index in [4.69, 9.17) is 0 Å². The standard InChI is InChI=1S/C50H30N4/c51-31-38-19-23-41(27-39(38)32-52)54-48-25-21-36(34-13-6-2-7-14-34)29-45(48)50-42(17-10-18-49(50)54)37-22-26-47-44(30-37)43-28-35(33-11-4-1-5-12-33)20-24-46(43)53(47)40-15-8-3-9-16-40/h1-30H. The molecule has 8 aromatic carbocycles. The molecule has 4 nitrogen and oxygen atoms in total. The number of hydrogen-bond acceptors (Lipinski definition) is 2. The highest BCUT2D eigenvalue weighted by Crippen LogP contribution is 2.43. The number of hydrogen-bond donors (Lipinski definition) is 0. The molecule has 0 aliphatic carbocycles. The molecule has 2 heterocycles. The molecule has 0 radical (unpaired) electrons. The molecule has 2 aromatic heterocycles. The van der Waals surface area contributed by atoms with Gasteiger partial charge in [-0.3, -0.25) is 0 Å². The van der Waals surface area contributed by atoms with E-state index in [2.05, 4.69) is 179 Å². The SMILES string of the molecule is N#Cc1ccc(-n2c3ccc(-c4ccccc4)cc3c3c(-c4ccc5c(c4)c4cc(-c6ccccc6)ccc4n5-c4ccccc4)cccc32)cc1C#N. The molecule has 0 fully saturated rings. The Bertz CT molecular complexity index is 3160. The summed E-state index contributed by atoms with van der Waals surface area (Å²) in [6, 6.07) is 68.2. The Kier molecular flexibility index (Phi) is 7.22. The van der Waals surface area contributed by atoms with Crippen LogP contribution in [-0.4, -0.2) is 9.13 Å². The van der Waals surface area contributed by atoms with Crippen molar-refractivity contribution in [2.24, 2.45) is 0 Å². The van der Waals surface area contributed by atoms with Crippen molar-refractivity contribution in [1.29, 1.82) is 10.5 Å². The Balaban J connectivity index is 1.27. The fraction of sp³-hybridized carbons (Fsp3) is 0. The zero-order valence-electron chi connectivity index (χ0n) is 29.1. The lowest BCUT2D eigenvalue weighted by atomic mass is 9.96. The van der Waals surface area contributed by atoms with E-state index in [1.807, 2.05) is 18.2 Å². The van der Waals surface area contributed by atoms with Crippen LogP contribution in [0.2, 0.25) is 0 Å². The minimum atomic E-state index is 0.359. The average Bonchev–Trinajstić information content (AvgIpc) is 3.76. The predicted octanol–water partition coefficient (Wildman–Crippen LogP) is 12.6. The van der Waals surface area contributed by atoms with Gasteiger partial charge in [-0.2, -0.15) is 10.5 Å². The van der Waals surface area contributed by atoms with Crippen LogP contribution < -0.4 is 0 Å². The second kappa shape index (κ2) is 12.5. The molecule has 54 heavy (non-hydrogen) atoms. The summed E-state index contributed by atoms with van der Waals surface area (Å²) in [6.45, 7) is 0. The quantitative estimate of drug-likeness (QED) is 0.181. The number of aromatic nitrogens is 2. The molecule has 0 amide bonds. The first-order valence-electron chi connectivity index (χ1n) is 18.0. The second-order valence-corrected chi connectivity index (χ2v) is 13.6. The number of fused-ring (bicyclic) bond motifs is 6. The van der Waals surface area contributed by atoms with Gasteiger partial charge < -0.3 is 9.13 Å². The predicted molar refractivity (Wildman–Crippen MR) is 221 cm³/mol. The number of rotatable bonds is 5. The molecule has 4 heteroatoms. The van der Waals surface area contributed by atoms with Crippen molar-refractivity contribution in [2.75, 3.05) is 0 Å². The molecule has 10 rings (SSSR count). The third kappa shape index (κ3) is 4.90. The largest absolute Gasteiger partial charge is 0.309 e. The van der Waals surface area contributed by atoms with E-state index in [0.717, 1.165) is 66.5 Å². The lowest BCUT2D eigenvalue weighted by Crippen LogP contribution is -1.96. The molecule has 0 bridgehead atoms. The molecule has 0 saturated carbocycles. The van der Waals surface area contributed by atoms with Gasteiger partial charge in [-0.05, 0) is 106 Å². The Labute approximate surface area is 312 Å². The maximum absolute atomic E-state index is 9.96. The first-order chi connectivity index (χ1) is 26.7. The minimum absolute atomic E-state index is 0.359. The number of benzene rings is 8. The third-order valence-corrected chi connectivity index (χ3v) is 10.6. The maximum atomic E-state index is 9.96. The van der Waals surface area contributed by atoms with Crippen molar-refractivity contribution in [3.63, 3.8) is 0 Å². The van der Waals surface area contributed by atoms with Crippen LogP contribution in [-0.2, 0) is 0 Å². The van der Waals surface area contributed by atoms with Crippen LogP contribution in [0.3, 0.4) is 0 Å². The van der Waals surface area contributed by atoms with E-state index in [9.17, 15) is 10.5 Å². The molecule has 0 aliphatic rings. The van der Waals surface area contributed by atoms with Gasteiger partial charge in [-0.15, -0.1) is 0 Å². The molecular formula is C50H30N4. The first-order valence-corrected chi connectivity index (χ1v) is 18.0. The number of nitriles is 2. The van der Waals surface area contributed by atoms with Crippen molar-refractivity contribution < 1.29 is 0 Å². The van der Waals surface area contributed by atoms with Gasteiger partial charge in [0.15, 0.2) is 0 Å². The number of nitrogens with zero attached hydrogens (tertiary/aromatic N) is 4. The topological polar surface area (TPSA) is 57.4 Å². The van der Waals surface area contributed by atoms with E-state index < -0.39 is 0 Å². The summed E-state index contributed by atoms with van der Waals surface area (Å²) in [5.41, 5.74) is 13.9. The van der Waals surface area contributed by atoms with Crippen molar-refractivity contribution in [2.45, 2.75) is 0 Å². The summed E-state index contributed by atoms with van der Waals surface area (Å²) in [7, 11) is 0. The smallest absolute Gasteiger partial charge is 0.101 e. The molecule has 250 valence electrons. The van der Waals surface area contributed by atoms with E-state index in [-0.39, 0.29) is 0 Å². The minimum Gasteiger partial charge on any atom is -0.309 e. The van der Waals surface area contributed by atoms with E-state index >= 15 is 0 Å². The zero-order valence-corrected chi connectivity index (χ0v) is 29.1. The second-order valence-electron chi connectivity index (χ2n) is 13.6.